The van der Waals surface area contributed by atoms with Crippen molar-refractivity contribution >= 4 is 22.6 Å². The van der Waals surface area contributed by atoms with Crippen molar-refractivity contribution in [1.29, 1.82) is 0 Å². The fourth-order valence-corrected chi connectivity index (χ4v) is 4.14. The zero-order chi connectivity index (χ0) is 21.0. The molecule has 0 fully saturated rings. The summed E-state index contributed by atoms with van der Waals surface area (Å²) >= 11 is 0. The van der Waals surface area contributed by atoms with Gasteiger partial charge in [-0.1, -0.05) is 35.9 Å². The van der Waals surface area contributed by atoms with Gasteiger partial charge in [0.05, 0.1) is 17.0 Å². The van der Waals surface area contributed by atoms with Gasteiger partial charge in [-0.05, 0) is 61.4 Å². The lowest BCUT2D eigenvalue weighted by molar-refractivity contribution is 0.0971. The molecule has 2 heterocycles. The molecule has 0 aliphatic carbocycles. The molecule has 1 N–H and O–H groups in total. The summed E-state index contributed by atoms with van der Waals surface area (Å²) in [7, 11) is 0. The number of phenolic OH excluding ortho intramolecular Hbond substituents is 1. The molecule has 30 heavy (non-hydrogen) atoms. The number of carbonyl (C=O) groups excluding carboxylic acids is 1. The fraction of sp³-hybridized carbons (Fsp3) is 0.120. The highest BCUT2D eigenvalue weighted by atomic mass is 16.3. The summed E-state index contributed by atoms with van der Waals surface area (Å²) in [6.07, 6.45) is 0. The average Bonchev–Trinajstić information content (AvgIpc) is 3.01. The number of carbonyl (C=O) groups is 1. The maximum Gasteiger partial charge on any atom is 0.295 e. The molecule has 1 amide bonds. The van der Waals surface area contributed by atoms with Gasteiger partial charge in [-0.25, -0.2) is 0 Å². The second kappa shape index (κ2) is 6.59. The van der Waals surface area contributed by atoms with Gasteiger partial charge < -0.3 is 9.52 Å². The largest absolute Gasteiger partial charge is 0.508 e. The topological polar surface area (TPSA) is 70.8 Å². The van der Waals surface area contributed by atoms with Gasteiger partial charge in [0.15, 0.2) is 5.43 Å². The number of anilines is 1. The van der Waals surface area contributed by atoms with Crippen LogP contribution < -0.4 is 10.3 Å². The first-order chi connectivity index (χ1) is 14.4. The first-order valence-electron chi connectivity index (χ1n) is 9.70. The summed E-state index contributed by atoms with van der Waals surface area (Å²) in [4.78, 5) is 28.6. The maximum atomic E-state index is 13.5. The third-order valence-electron chi connectivity index (χ3n) is 5.49. The summed E-state index contributed by atoms with van der Waals surface area (Å²) in [5.74, 6) is -0.256. The van der Waals surface area contributed by atoms with Crippen molar-refractivity contribution in [3.63, 3.8) is 0 Å². The van der Waals surface area contributed by atoms with Crippen LogP contribution in [0.15, 0.2) is 75.9 Å². The van der Waals surface area contributed by atoms with Crippen molar-refractivity contribution in [2.24, 2.45) is 0 Å². The smallest absolute Gasteiger partial charge is 0.295 e. The number of phenols is 1. The number of hydrogen-bond donors (Lipinski definition) is 1. The fourth-order valence-electron chi connectivity index (χ4n) is 4.14. The van der Waals surface area contributed by atoms with Crippen molar-refractivity contribution in [2.45, 2.75) is 19.9 Å². The Kier molecular flexibility index (Phi) is 4.00. The number of hydrogen-bond acceptors (Lipinski definition) is 4. The molecule has 0 saturated heterocycles. The van der Waals surface area contributed by atoms with Crippen LogP contribution in [0.1, 0.15) is 38.9 Å². The highest BCUT2D eigenvalue weighted by Gasteiger charge is 2.43. The van der Waals surface area contributed by atoms with Gasteiger partial charge in [-0.15, -0.1) is 0 Å². The minimum absolute atomic E-state index is 0.0474. The van der Waals surface area contributed by atoms with Crippen LogP contribution in [0.25, 0.3) is 11.0 Å². The Morgan fingerprint density at radius 2 is 1.67 bits per heavy atom. The van der Waals surface area contributed by atoms with Crippen LogP contribution in [0.3, 0.4) is 0 Å². The monoisotopic (exact) mass is 397 g/mol. The normalized spacial score (nSPS) is 15.6. The number of benzene rings is 3. The molecule has 0 saturated carbocycles. The average molecular weight is 397 g/mol. The lowest BCUT2D eigenvalue weighted by Crippen LogP contribution is -2.29. The van der Waals surface area contributed by atoms with Gasteiger partial charge >= 0.3 is 0 Å². The number of nitrogens with zero attached hydrogens (tertiary/aromatic N) is 1. The van der Waals surface area contributed by atoms with Crippen molar-refractivity contribution in [3.8, 4) is 5.75 Å². The Morgan fingerprint density at radius 3 is 2.43 bits per heavy atom. The minimum atomic E-state index is -0.692. The molecule has 0 radical (unpaired) electrons. The van der Waals surface area contributed by atoms with Gasteiger partial charge in [0.2, 0.25) is 5.76 Å². The van der Waals surface area contributed by atoms with Gasteiger partial charge in [0.1, 0.15) is 11.3 Å². The van der Waals surface area contributed by atoms with E-state index in [-0.39, 0.29) is 22.8 Å². The second-order valence-corrected chi connectivity index (χ2v) is 7.69. The molecule has 5 rings (SSSR count). The summed E-state index contributed by atoms with van der Waals surface area (Å²) in [6.45, 7) is 3.85. The maximum absolute atomic E-state index is 13.5. The summed E-state index contributed by atoms with van der Waals surface area (Å²) in [6, 6.07) is 18.8. The summed E-state index contributed by atoms with van der Waals surface area (Å²) in [5, 5.41) is 10.5. The van der Waals surface area contributed by atoms with Crippen LogP contribution in [0, 0.1) is 13.8 Å². The van der Waals surface area contributed by atoms with E-state index < -0.39 is 6.04 Å². The van der Waals surface area contributed by atoms with E-state index in [9.17, 15) is 14.7 Å². The molecule has 1 atom stereocenters. The molecular weight excluding hydrogens is 378 g/mol. The van der Waals surface area contributed by atoms with Gasteiger partial charge in [0.25, 0.3) is 5.91 Å². The van der Waals surface area contributed by atoms with E-state index in [0.29, 0.717) is 27.8 Å². The first-order valence-corrected chi connectivity index (χ1v) is 9.70. The predicted molar refractivity (Wildman–Crippen MR) is 115 cm³/mol. The van der Waals surface area contributed by atoms with Crippen LogP contribution in [-0.4, -0.2) is 11.0 Å². The molecule has 148 valence electrons. The number of aromatic hydroxyl groups is 1. The zero-order valence-corrected chi connectivity index (χ0v) is 16.5. The standard InChI is InChI=1S/C25H19NO4/c1-14-5-3-7-17(11-14)26-22(16-6-4-8-18(27)13-16)21-23(28)19-12-15(2)9-10-20(19)30-24(21)25(26)29/h3-13,22,27H,1-2H3. The zero-order valence-electron chi connectivity index (χ0n) is 16.5. The van der Waals surface area contributed by atoms with Crippen LogP contribution in [0.4, 0.5) is 5.69 Å². The predicted octanol–water partition coefficient (Wildman–Crippen LogP) is 4.87. The highest BCUT2D eigenvalue weighted by molar-refractivity contribution is 6.10. The Labute approximate surface area is 172 Å². The molecule has 1 unspecified atom stereocenters. The SMILES string of the molecule is Cc1cccc(N2C(=O)c3oc4ccc(C)cc4c(=O)c3C2c2cccc(O)c2)c1. The van der Waals surface area contributed by atoms with Crippen molar-refractivity contribution in [2.75, 3.05) is 4.90 Å². The molecule has 5 heteroatoms. The van der Waals surface area contributed by atoms with E-state index >= 15 is 0 Å². The van der Waals surface area contributed by atoms with Crippen LogP contribution >= 0.6 is 0 Å². The van der Waals surface area contributed by atoms with Crippen molar-refractivity contribution in [3.05, 3.63) is 105 Å². The first kappa shape index (κ1) is 18.2. The quantitative estimate of drug-likeness (QED) is 0.524. The van der Waals surface area contributed by atoms with Gasteiger partial charge in [0, 0.05) is 5.69 Å². The molecule has 1 aromatic heterocycles. The van der Waals surface area contributed by atoms with E-state index in [4.69, 9.17) is 4.42 Å². The van der Waals surface area contributed by atoms with Crippen LogP contribution in [-0.2, 0) is 0 Å². The Balaban J connectivity index is 1.84. The third kappa shape index (κ3) is 2.70. The second-order valence-electron chi connectivity index (χ2n) is 7.69. The molecule has 4 aromatic rings. The number of rotatable bonds is 2. The molecule has 0 bridgehead atoms. The minimum Gasteiger partial charge on any atom is -0.508 e. The summed E-state index contributed by atoms with van der Waals surface area (Å²) < 4.78 is 5.96. The Morgan fingerprint density at radius 1 is 0.900 bits per heavy atom. The van der Waals surface area contributed by atoms with Gasteiger partial charge in [-0.3, -0.25) is 14.5 Å². The van der Waals surface area contributed by atoms with E-state index in [1.165, 1.54) is 0 Å². The molecule has 1 aliphatic rings. The Hall–Kier alpha value is -3.86. The number of aryl methyl sites for hydroxylation is 2. The van der Waals surface area contributed by atoms with Crippen LogP contribution in [0.2, 0.25) is 0 Å². The van der Waals surface area contributed by atoms with Crippen LogP contribution in [0.5, 0.6) is 5.75 Å². The van der Waals surface area contributed by atoms with Crippen molar-refractivity contribution < 1.29 is 14.3 Å². The van der Waals surface area contributed by atoms with E-state index in [1.54, 1.807) is 41.3 Å². The number of amides is 1. The summed E-state index contributed by atoms with van der Waals surface area (Å²) in [5.41, 5.74) is 3.69. The number of fused-ring (bicyclic) bond motifs is 2. The van der Waals surface area contributed by atoms with E-state index in [0.717, 1.165) is 11.1 Å². The molecular formula is C25H19NO4. The molecule has 1 aliphatic heterocycles. The van der Waals surface area contributed by atoms with Gasteiger partial charge in [-0.2, -0.15) is 0 Å². The van der Waals surface area contributed by atoms with E-state index in [1.807, 2.05) is 44.2 Å². The van der Waals surface area contributed by atoms with E-state index in [2.05, 4.69) is 0 Å². The molecule has 5 nitrogen and oxygen atoms in total. The Bertz CT molecular complexity index is 1390. The lowest BCUT2D eigenvalue weighted by atomic mass is 9.97. The van der Waals surface area contributed by atoms with Crippen molar-refractivity contribution in [1.82, 2.24) is 0 Å². The third-order valence-corrected chi connectivity index (χ3v) is 5.49. The molecule has 0 spiro atoms. The lowest BCUT2D eigenvalue weighted by Gasteiger charge is -2.25. The highest BCUT2D eigenvalue weighted by Crippen LogP contribution is 2.42. The molecule has 3 aromatic carbocycles.